The van der Waals surface area contributed by atoms with E-state index < -0.39 is 28.3 Å². The molecule has 0 fully saturated rings. The summed E-state index contributed by atoms with van der Waals surface area (Å²) in [6, 6.07) is 9.03. The van der Waals surface area contributed by atoms with Crippen LogP contribution < -0.4 is 4.72 Å². The van der Waals surface area contributed by atoms with Crippen molar-refractivity contribution in [2.45, 2.75) is 26.0 Å². The van der Waals surface area contributed by atoms with Gasteiger partial charge in [-0.1, -0.05) is 37.3 Å². The fourth-order valence-corrected chi connectivity index (χ4v) is 2.86. The molecule has 1 atom stereocenters. The molecule has 0 bridgehead atoms. The highest BCUT2D eigenvalue weighted by atomic mass is 32.2. The lowest BCUT2D eigenvalue weighted by atomic mass is 10.1. The first kappa shape index (κ1) is 17.6. The maximum Gasteiger partial charge on any atom is 0.336 e. The number of hydrogen-bond acceptors (Lipinski definition) is 4. The molecule has 0 aliphatic carbocycles. The van der Waals surface area contributed by atoms with Gasteiger partial charge in [0, 0.05) is 13.1 Å². The second-order valence-electron chi connectivity index (χ2n) is 4.82. The molecule has 8 heteroatoms. The molecule has 21 heavy (non-hydrogen) atoms. The summed E-state index contributed by atoms with van der Waals surface area (Å²) >= 11 is 0. The molecular formula is C13H20N2O5S. The van der Waals surface area contributed by atoms with E-state index in [9.17, 15) is 18.3 Å². The van der Waals surface area contributed by atoms with E-state index in [1.165, 1.54) is 4.31 Å². The highest BCUT2D eigenvalue weighted by Crippen LogP contribution is 2.09. The first-order chi connectivity index (χ1) is 9.69. The van der Waals surface area contributed by atoms with E-state index in [1.807, 2.05) is 6.07 Å². The molecule has 0 radical (unpaired) electrons. The second-order valence-corrected chi connectivity index (χ2v) is 6.57. The molecule has 3 N–H and O–H groups in total. The number of benzene rings is 1. The lowest BCUT2D eigenvalue weighted by Gasteiger charge is -2.24. The minimum atomic E-state index is -3.88. The van der Waals surface area contributed by atoms with Gasteiger partial charge in [0.2, 0.25) is 0 Å². The molecule has 0 aromatic heterocycles. The maximum absolute atomic E-state index is 12.1. The Morgan fingerprint density at radius 2 is 1.90 bits per heavy atom. The number of hydrogen-bond donors (Lipinski definition) is 3. The Balaban J connectivity index is 2.77. The number of carboxylic acid groups (broad SMARTS) is 1. The Morgan fingerprint density at radius 1 is 1.33 bits per heavy atom. The van der Waals surface area contributed by atoms with Crippen LogP contribution in [-0.4, -0.2) is 47.6 Å². The molecule has 1 rings (SSSR count). The predicted octanol–water partition coefficient (Wildman–Crippen LogP) is 0.179. The van der Waals surface area contributed by atoms with Crippen LogP contribution in [-0.2, 0) is 21.5 Å². The average Bonchev–Trinajstić information content (AvgIpc) is 2.43. The lowest BCUT2D eigenvalue weighted by Crippen LogP contribution is -2.50. The van der Waals surface area contributed by atoms with Crippen LogP contribution in [0.25, 0.3) is 0 Å². The summed E-state index contributed by atoms with van der Waals surface area (Å²) < 4.78 is 27.6. The van der Waals surface area contributed by atoms with Crippen molar-refractivity contribution >= 4 is 16.2 Å². The highest BCUT2D eigenvalue weighted by molar-refractivity contribution is 7.87. The van der Waals surface area contributed by atoms with Crippen molar-refractivity contribution in [3.8, 4) is 0 Å². The second kappa shape index (κ2) is 6.99. The molecule has 0 heterocycles. The molecule has 0 aliphatic rings. The van der Waals surface area contributed by atoms with Crippen molar-refractivity contribution in [2.24, 2.45) is 0 Å². The van der Waals surface area contributed by atoms with E-state index in [1.54, 1.807) is 31.2 Å². The number of aliphatic hydroxyl groups is 1. The van der Waals surface area contributed by atoms with Gasteiger partial charge in [-0.25, -0.2) is 4.79 Å². The molecule has 1 unspecified atom stereocenters. The Kier molecular flexibility index (Phi) is 5.85. The minimum Gasteiger partial charge on any atom is -0.479 e. The van der Waals surface area contributed by atoms with Crippen molar-refractivity contribution in [1.29, 1.82) is 0 Å². The van der Waals surface area contributed by atoms with Crippen molar-refractivity contribution in [3.05, 3.63) is 35.9 Å². The van der Waals surface area contributed by atoms with Crippen LogP contribution in [0.4, 0.5) is 0 Å². The van der Waals surface area contributed by atoms with Crippen LogP contribution in [0.5, 0.6) is 0 Å². The van der Waals surface area contributed by atoms with Gasteiger partial charge in [-0.15, -0.1) is 0 Å². The van der Waals surface area contributed by atoms with E-state index in [0.29, 0.717) is 0 Å². The van der Waals surface area contributed by atoms with Crippen LogP contribution in [0.15, 0.2) is 30.3 Å². The fourth-order valence-electron chi connectivity index (χ4n) is 1.55. The van der Waals surface area contributed by atoms with Gasteiger partial charge in [-0.2, -0.15) is 17.4 Å². The Labute approximate surface area is 124 Å². The third-order valence-corrected chi connectivity index (χ3v) is 4.53. The molecule has 7 nitrogen and oxygen atoms in total. The van der Waals surface area contributed by atoms with Gasteiger partial charge < -0.3 is 10.2 Å². The van der Waals surface area contributed by atoms with Crippen molar-refractivity contribution < 1.29 is 23.4 Å². The monoisotopic (exact) mass is 316 g/mol. The van der Waals surface area contributed by atoms with Crippen LogP contribution in [0, 0.1) is 0 Å². The largest absolute Gasteiger partial charge is 0.479 e. The summed E-state index contributed by atoms with van der Waals surface area (Å²) in [4.78, 5) is 10.8. The quantitative estimate of drug-likeness (QED) is 0.634. The van der Waals surface area contributed by atoms with Crippen LogP contribution in [0.2, 0.25) is 0 Å². The van der Waals surface area contributed by atoms with Gasteiger partial charge in [0.1, 0.15) is 0 Å². The third-order valence-electron chi connectivity index (χ3n) is 2.95. The molecule has 1 aromatic rings. The minimum absolute atomic E-state index is 0.169. The normalized spacial score (nSPS) is 14.9. The number of aliphatic carboxylic acids is 1. The number of nitrogens with one attached hydrogen (secondary N) is 1. The number of nitrogens with zero attached hydrogens (tertiary/aromatic N) is 1. The van der Waals surface area contributed by atoms with Crippen molar-refractivity contribution in [2.75, 3.05) is 13.1 Å². The SMILES string of the molecule is CCN(Cc1ccccc1)S(=O)(=O)NCC(C)(O)C(=O)O. The molecule has 0 saturated carbocycles. The first-order valence-corrected chi connectivity index (χ1v) is 7.87. The summed E-state index contributed by atoms with van der Waals surface area (Å²) in [5.74, 6) is -1.49. The predicted molar refractivity (Wildman–Crippen MR) is 77.7 cm³/mol. The van der Waals surface area contributed by atoms with Gasteiger partial charge in [0.15, 0.2) is 5.60 Å². The van der Waals surface area contributed by atoms with E-state index in [2.05, 4.69) is 4.72 Å². The zero-order valence-electron chi connectivity index (χ0n) is 12.0. The number of carbonyl (C=O) groups is 1. The van der Waals surface area contributed by atoms with Crippen LogP contribution in [0.1, 0.15) is 19.4 Å². The first-order valence-electron chi connectivity index (χ1n) is 6.43. The summed E-state index contributed by atoms with van der Waals surface area (Å²) in [6.45, 7) is 2.50. The average molecular weight is 316 g/mol. The smallest absolute Gasteiger partial charge is 0.336 e. The number of rotatable bonds is 8. The highest BCUT2D eigenvalue weighted by Gasteiger charge is 2.32. The number of carboxylic acids is 1. The van der Waals surface area contributed by atoms with E-state index in [-0.39, 0.29) is 13.1 Å². The van der Waals surface area contributed by atoms with Crippen LogP contribution in [0.3, 0.4) is 0 Å². The molecule has 1 aromatic carbocycles. The molecule has 0 amide bonds. The topological polar surface area (TPSA) is 107 Å². The van der Waals surface area contributed by atoms with Gasteiger partial charge in [-0.05, 0) is 12.5 Å². The van der Waals surface area contributed by atoms with Gasteiger partial charge in [0.25, 0.3) is 10.2 Å². The summed E-state index contributed by atoms with van der Waals surface area (Å²) in [5, 5.41) is 18.3. The summed E-state index contributed by atoms with van der Waals surface area (Å²) in [6.07, 6.45) is 0. The summed E-state index contributed by atoms with van der Waals surface area (Å²) in [7, 11) is -3.88. The van der Waals surface area contributed by atoms with E-state index in [4.69, 9.17) is 5.11 Å². The molecule has 0 spiro atoms. The van der Waals surface area contributed by atoms with Gasteiger partial charge in [-0.3, -0.25) is 0 Å². The Morgan fingerprint density at radius 3 is 2.38 bits per heavy atom. The van der Waals surface area contributed by atoms with E-state index >= 15 is 0 Å². The summed E-state index contributed by atoms with van der Waals surface area (Å²) in [5.41, 5.74) is -1.34. The van der Waals surface area contributed by atoms with Crippen molar-refractivity contribution in [3.63, 3.8) is 0 Å². The lowest BCUT2D eigenvalue weighted by molar-refractivity contribution is -0.155. The van der Waals surface area contributed by atoms with Gasteiger partial charge >= 0.3 is 5.97 Å². The standard InChI is InChI=1S/C13H20N2O5S/c1-3-15(9-11-7-5-4-6-8-11)21(19,20)14-10-13(2,18)12(16)17/h4-8,14,18H,3,9-10H2,1-2H3,(H,16,17). The third kappa shape index (κ3) is 5.09. The van der Waals surface area contributed by atoms with Crippen LogP contribution >= 0.6 is 0 Å². The zero-order valence-corrected chi connectivity index (χ0v) is 12.8. The van der Waals surface area contributed by atoms with Crippen molar-refractivity contribution in [1.82, 2.24) is 9.03 Å². The maximum atomic E-state index is 12.1. The Hall–Kier alpha value is -1.48. The van der Waals surface area contributed by atoms with E-state index in [0.717, 1.165) is 12.5 Å². The van der Waals surface area contributed by atoms with Gasteiger partial charge in [0.05, 0.1) is 6.54 Å². The molecule has 0 saturated heterocycles. The molecule has 118 valence electrons. The zero-order chi connectivity index (χ0) is 16.1. The Bertz CT molecular complexity index is 571. The fraction of sp³-hybridized carbons (Fsp3) is 0.462. The molecular weight excluding hydrogens is 296 g/mol. The molecule has 0 aliphatic heterocycles.